The van der Waals surface area contributed by atoms with Crippen LogP contribution in [0.15, 0.2) is 42.5 Å². The van der Waals surface area contributed by atoms with Crippen LogP contribution in [0, 0.1) is 5.82 Å². The summed E-state index contributed by atoms with van der Waals surface area (Å²) in [5, 5.41) is 3.88. The number of carbonyl (C=O) groups is 1. The predicted octanol–water partition coefficient (Wildman–Crippen LogP) is 3.43. The van der Waals surface area contributed by atoms with Crippen molar-refractivity contribution in [2.75, 3.05) is 0 Å². The number of hydrogen-bond acceptors (Lipinski definition) is 2. The summed E-state index contributed by atoms with van der Waals surface area (Å²) in [5.74, 6) is -1.09. The molecule has 110 valence electrons. The average Bonchev–Trinajstić information content (AvgIpc) is 2.45. The average molecular weight is 307 g/mol. The van der Waals surface area contributed by atoms with Crippen LogP contribution >= 0.6 is 11.6 Å². The molecule has 2 rings (SSSR count). The Hall–Kier alpha value is -1.91. The summed E-state index contributed by atoms with van der Waals surface area (Å²) >= 11 is 5.95. The molecular formula is C16H16ClFN2O. The second-order valence-electron chi connectivity index (χ2n) is 4.83. The number of amides is 1. The highest BCUT2D eigenvalue weighted by molar-refractivity contribution is 6.30. The van der Waals surface area contributed by atoms with E-state index in [1.807, 2.05) is 25.1 Å². The summed E-state index contributed by atoms with van der Waals surface area (Å²) in [5.41, 5.74) is 6.78. The fourth-order valence-electron chi connectivity index (χ4n) is 2.00. The van der Waals surface area contributed by atoms with E-state index in [-0.39, 0.29) is 11.6 Å². The standard InChI is InChI=1S/C16H16ClFN2O/c1-10(11-3-2-4-14(17)7-11)20-9-13-6-5-12(16(19)21)8-15(13)18/h2-8,10,20H,9H2,1H3,(H2,19,21). The van der Waals surface area contributed by atoms with Gasteiger partial charge < -0.3 is 11.1 Å². The van der Waals surface area contributed by atoms with Gasteiger partial charge in [-0.05, 0) is 36.8 Å². The van der Waals surface area contributed by atoms with Crippen LogP contribution in [0.25, 0.3) is 0 Å². The van der Waals surface area contributed by atoms with Crippen LogP contribution in [0.5, 0.6) is 0 Å². The molecule has 0 spiro atoms. The number of carbonyl (C=O) groups excluding carboxylic acids is 1. The minimum Gasteiger partial charge on any atom is -0.366 e. The molecule has 0 aromatic heterocycles. The van der Waals surface area contributed by atoms with Crippen molar-refractivity contribution >= 4 is 17.5 Å². The van der Waals surface area contributed by atoms with Crippen molar-refractivity contribution in [3.63, 3.8) is 0 Å². The molecule has 2 aromatic rings. The fraction of sp³-hybridized carbons (Fsp3) is 0.188. The Morgan fingerprint density at radius 1 is 1.33 bits per heavy atom. The first-order valence-corrected chi connectivity index (χ1v) is 6.92. The third-order valence-electron chi connectivity index (χ3n) is 3.28. The van der Waals surface area contributed by atoms with Crippen molar-refractivity contribution in [2.24, 2.45) is 5.73 Å². The number of rotatable bonds is 5. The molecule has 3 nitrogen and oxygen atoms in total. The molecule has 0 fully saturated rings. The van der Waals surface area contributed by atoms with Gasteiger partial charge in [-0.1, -0.05) is 29.8 Å². The smallest absolute Gasteiger partial charge is 0.248 e. The Bertz CT molecular complexity index is 660. The minimum absolute atomic E-state index is 0.0268. The number of nitrogens with two attached hydrogens (primary N) is 1. The number of hydrogen-bond donors (Lipinski definition) is 2. The summed E-state index contributed by atoms with van der Waals surface area (Å²) in [6.07, 6.45) is 0. The topological polar surface area (TPSA) is 55.1 Å². The first-order valence-electron chi connectivity index (χ1n) is 6.54. The predicted molar refractivity (Wildman–Crippen MR) is 81.6 cm³/mol. The number of primary amides is 1. The second kappa shape index (κ2) is 6.70. The van der Waals surface area contributed by atoms with Crippen molar-refractivity contribution in [1.29, 1.82) is 0 Å². The van der Waals surface area contributed by atoms with Crippen LogP contribution in [-0.2, 0) is 6.54 Å². The Morgan fingerprint density at radius 2 is 2.10 bits per heavy atom. The lowest BCUT2D eigenvalue weighted by Crippen LogP contribution is -2.19. The van der Waals surface area contributed by atoms with Gasteiger partial charge in [0.15, 0.2) is 0 Å². The quantitative estimate of drug-likeness (QED) is 0.889. The van der Waals surface area contributed by atoms with Crippen LogP contribution in [0.4, 0.5) is 4.39 Å². The maximum absolute atomic E-state index is 13.9. The lowest BCUT2D eigenvalue weighted by atomic mass is 10.1. The zero-order valence-electron chi connectivity index (χ0n) is 11.6. The Labute approximate surface area is 127 Å². The van der Waals surface area contributed by atoms with Crippen molar-refractivity contribution < 1.29 is 9.18 Å². The molecule has 0 saturated heterocycles. The maximum atomic E-state index is 13.9. The van der Waals surface area contributed by atoms with Crippen molar-refractivity contribution in [1.82, 2.24) is 5.32 Å². The second-order valence-corrected chi connectivity index (χ2v) is 5.26. The van der Waals surface area contributed by atoms with E-state index < -0.39 is 11.7 Å². The van der Waals surface area contributed by atoms with Gasteiger partial charge in [-0.3, -0.25) is 4.79 Å². The van der Waals surface area contributed by atoms with Gasteiger partial charge >= 0.3 is 0 Å². The number of nitrogens with one attached hydrogen (secondary N) is 1. The van der Waals surface area contributed by atoms with Gasteiger partial charge in [0.2, 0.25) is 5.91 Å². The molecule has 0 bridgehead atoms. The zero-order chi connectivity index (χ0) is 15.4. The number of benzene rings is 2. The third kappa shape index (κ3) is 4.03. The van der Waals surface area contributed by atoms with Crippen LogP contribution in [0.3, 0.4) is 0 Å². The minimum atomic E-state index is -0.638. The van der Waals surface area contributed by atoms with E-state index in [0.717, 1.165) is 11.6 Å². The monoisotopic (exact) mass is 306 g/mol. The lowest BCUT2D eigenvalue weighted by molar-refractivity contribution is 0.1000. The first-order chi connectivity index (χ1) is 9.97. The molecule has 2 aromatic carbocycles. The normalized spacial score (nSPS) is 12.1. The molecule has 0 radical (unpaired) electrons. The summed E-state index contributed by atoms with van der Waals surface area (Å²) in [7, 11) is 0. The Balaban J connectivity index is 2.04. The largest absolute Gasteiger partial charge is 0.366 e. The maximum Gasteiger partial charge on any atom is 0.248 e. The molecule has 0 saturated carbocycles. The highest BCUT2D eigenvalue weighted by Gasteiger charge is 2.09. The van der Waals surface area contributed by atoms with E-state index in [4.69, 9.17) is 17.3 Å². The van der Waals surface area contributed by atoms with E-state index in [0.29, 0.717) is 17.1 Å². The molecule has 0 heterocycles. The molecule has 5 heteroatoms. The van der Waals surface area contributed by atoms with Crippen molar-refractivity contribution in [2.45, 2.75) is 19.5 Å². The van der Waals surface area contributed by atoms with Crippen LogP contribution in [-0.4, -0.2) is 5.91 Å². The van der Waals surface area contributed by atoms with Crippen LogP contribution in [0.1, 0.15) is 34.5 Å². The third-order valence-corrected chi connectivity index (χ3v) is 3.52. The van der Waals surface area contributed by atoms with E-state index in [1.165, 1.54) is 6.07 Å². The lowest BCUT2D eigenvalue weighted by Gasteiger charge is -2.15. The highest BCUT2D eigenvalue weighted by atomic mass is 35.5. The molecule has 3 N–H and O–H groups in total. The summed E-state index contributed by atoms with van der Waals surface area (Å²) in [6, 6.07) is 11.8. The number of halogens is 2. The molecule has 1 unspecified atom stereocenters. The first kappa shape index (κ1) is 15.5. The van der Waals surface area contributed by atoms with E-state index >= 15 is 0 Å². The van der Waals surface area contributed by atoms with Gasteiger partial charge in [-0.2, -0.15) is 0 Å². The molecule has 0 aliphatic heterocycles. The summed E-state index contributed by atoms with van der Waals surface area (Å²) in [6.45, 7) is 2.32. The van der Waals surface area contributed by atoms with E-state index in [2.05, 4.69) is 5.32 Å². The molecule has 1 amide bonds. The summed E-state index contributed by atoms with van der Waals surface area (Å²) < 4.78 is 13.9. The van der Waals surface area contributed by atoms with Gasteiger partial charge in [0.25, 0.3) is 0 Å². The van der Waals surface area contributed by atoms with Gasteiger partial charge in [-0.15, -0.1) is 0 Å². The molecule has 21 heavy (non-hydrogen) atoms. The van der Waals surface area contributed by atoms with Gasteiger partial charge in [0.1, 0.15) is 5.82 Å². The Kier molecular flexibility index (Phi) is 4.94. The van der Waals surface area contributed by atoms with Crippen LogP contribution in [0.2, 0.25) is 5.02 Å². The SMILES string of the molecule is CC(NCc1ccc(C(N)=O)cc1F)c1cccc(Cl)c1. The molecule has 0 aliphatic carbocycles. The van der Waals surface area contributed by atoms with Crippen LogP contribution < -0.4 is 11.1 Å². The highest BCUT2D eigenvalue weighted by Crippen LogP contribution is 2.18. The van der Waals surface area contributed by atoms with Crippen molar-refractivity contribution in [3.05, 3.63) is 70.0 Å². The molecule has 0 aliphatic rings. The zero-order valence-corrected chi connectivity index (χ0v) is 12.3. The van der Waals surface area contributed by atoms with E-state index in [1.54, 1.807) is 12.1 Å². The van der Waals surface area contributed by atoms with Gasteiger partial charge in [-0.25, -0.2) is 4.39 Å². The van der Waals surface area contributed by atoms with Crippen molar-refractivity contribution in [3.8, 4) is 0 Å². The van der Waals surface area contributed by atoms with E-state index in [9.17, 15) is 9.18 Å². The van der Waals surface area contributed by atoms with Gasteiger partial charge in [0.05, 0.1) is 0 Å². The molecular weight excluding hydrogens is 291 g/mol. The summed E-state index contributed by atoms with van der Waals surface area (Å²) in [4.78, 5) is 11.0. The molecule has 1 atom stereocenters. The fourth-order valence-corrected chi connectivity index (χ4v) is 2.20. The van der Waals surface area contributed by atoms with Gasteiger partial charge in [0, 0.05) is 28.7 Å². The Morgan fingerprint density at radius 3 is 2.71 bits per heavy atom.